The molecule has 0 spiro atoms. The number of carbonyl (C=O) groups excluding carboxylic acids is 1. The van der Waals surface area contributed by atoms with Gasteiger partial charge in [-0.2, -0.15) is 0 Å². The Morgan fingerprint density at radius 2 is 2.43 bits per heavy atom. The number of aromatic nitrogens is 1. The highest BCUT2D eigenvalue weighted by Crippen LogP contribution is 2.06. The maximum atomic E-state index is 11.4. The average Bonchev–Trinajstić information content (AvgIpc) is 2.18. The van der Waals surface area contributed by atoms with Crippen LogP contribution in [0.25, 0.3) is 0 Å². The van der Waals surface area contributed by atoms with Crippen LogP contribution < -0.4 is 5.32 Å². The summed E-state index contributed by atoms with van der Waals surface area (Å²) in [5.74, 6) is -0.230. The minimum Gasteiger partial charge on any atom is -0.394 e. The van der Waals surface area contributed by atoms with Gasteiger partial charge in [-0.05, 0) is 35.0 Å². The van der Waals surface area contributed by atoms with Crippen molar-refractivity contribution in [2.45, 2.75) is 13.0 Å². The van der Waals surface area contributed by atoms with Gasteiger partial charge in [-0.1, -0.05) is 0 Å². The number of hydrogen-bond donors (Lipinski definition) is 2. The molecular formula is C9H11BrN2O2. The smallest absolute Gasteiger partial charge is 0.253 e. The second kappa shape index (κ2) is 5.07. The van der Waals surface area contributed by atoms with Gasteiger partial charge in [0.15, 0.2) is 0 Å². The van der Waals surface area contributed by atoms with E-state index in [0.29, 0.717) is 10.2 Å². The van der Waals surface area contributed by atoms with E-state index in [2.05, 4.69) is 26.2 Å². The van der Waals surface area contributed by atoms with E-state index >= 15 is 0 Å². The van der Waals surface area contributed by atoms with E-state index in [1.165, 1.54) is 6.20 Å². The molecule has 0 aliphatic carbocycles. The topological polar surface area (TPSA) is 62.2 Å². The zero-order chi connectivity index (χ0) is 10.6. The number of nitrogens with zero attached hydrogens (tertiary/aromatic N) is 1. The lowest BCUT2D eigenvalue weighted by atomic mass is 10.2. The molecule has 0 aliphatic rings. The molecule has 2 N–H and O–H groups in total. The summed E-state index contributed by atoms with van der Waals surface area (Å²) in [7, 11) is 0. The summed E-state index contributed by atoms with van der Waals surface area (Å²) in [6, 6.07) is 3.11. The fraction of sp³-hybridized carbons (Fsp3) is 0.333. The van der Waals surface area contributed by atoms with Gasteiger partial charge in [0.1, 0.15) is 4.60 Å². The Labute approximate surface area is 90.5 Å². The van der Waals surface area contributed by atoms with Gasteiger partial charge in [0.2, 0.25) is 0 Å². The van der Waals surface area contributed by atoms with Crippen molar-refractivity contribution in [1.82, 2.24) is 10.3 Å². The van der Waals surface area contributed by atoms with Gasteiger partial charge in [0.05, 0.1) is 12.2 Å². The molecule has 0 unspecified atom stereocenters. The van der Waals surface area contributed by atoms with E-state index in [0.717, 1.165) is 0 Å². The van der Waals surface area contributed by atoms with E-state index in [1.54, 1.807) is 19.1 Å². The maximum Gasteiger partial charge on any atom is 0.253 e. The molecular weight excluding hydrogens is 248 g/mol. The van der Waals surface area contributed by atoms with Gasteiger partial charge in [-0.25, -0.2) is 4.98 Å². The van der Waals surface area contributed by atoms with Gasteiger partial charge in [0, 0.05) is 12.2 Å². The standard InChI is InChI=1S/C9H11BrN2O2/c1-6(5-13)12-9(14)7-2-3-8(10)11-4-7/h2-4,6,13H,5H2,1H3,(H,12,14)/t6-/m1/s1. The van der Waals surface area contributed by atoms with Crippen molar-refractivity contribution >= 4 is 21.8 Å². The molecule has 0 aliphatic heterocycles. The number of pyridine rings is 1. The Hall–Kier alpha value is -0.940. The first-order chi connectivity index (χ1) is 6.63. The number of nitrogens with one attached hydrogen (secondary N) is 1. The highest BCUT2D eigenvalue weighted by molar-refractivity contribution is 9.10. The second-order valence-corrected chi connectivity index (χ2v) is 3.74. The molecule has 1 atom stereocenters. The average molecular weight is 259 g/mol. The van der Waals surface area contributed by atoms with Crippen molar-refractivity contribution in [2.24, 2.45) is 0 Å². The summed E-state index contributed by atoms with van der Waals surface area (Å²) in [5.41, 5.74) is 0.480. The maximum absolute atomic E-state index is 11.4. The molecule has 1 aromatic rings. The lowest BCUT2D eigenvalue weighted by Gasteiger charge is -2.10. The molecule has 5 heteroatoms. The minimum atomic E-state index is -0.244. The van der Waals surface area contributed by atoms with E-state index < -0.39 is 0 Å². The number of amides is 1. The number of hydrogen-bond acceptors (Lipinski definition) is 3. The third-order valence-corrected chi connectivity index (χ3v) is 2.11. The van der Waals surface area contributed by atoms with Crippen LogP contribution >= 0.6 is 15.9 Å². The Morgan fingerprint density at radius 3 is 2.93 bits per heavy atom. The second-order valence-electron chi connectivity index (χ2n) is 2.93. The van der Waals surface area contributed by atoms with Crippen LogP contribution in [-0.4, -0.2) is 28.6 Å². The summed E-state index contributed by atoms with van der Waals surface area (Å²) in [4.78, 5) is 15.4. The Kier molecular flexibility index (Phi) is 4.03. The van der Waals surface area contributed by atoms with Gasteiger partial charge in [0.25, 0.3) is 5.91 Å². The van der Waals surface area contributed by atoms with Crippen molar-refractivity contribution in [3.8, 4) is 0 Å². The Morgan fingerprint density at radius 1 is 1.71 bits per heavy atom. The largest absolute Gasteiger partial charge is 0.394 e. The number of carbonyl (C=O) groups is 1. The van der Waals surface area contributed by atoms with Crippen LogP contribution in [0.15, 0.2) is 22.9 Å². The van der Waals surface area contributed by atoms with E-state index in [4.69, 9.17) is 5.11 Å². The van der Waals surface area contributed by atoms with Crippen LogP contribution in [0.5, 0.6) is 0 Å². The van der Waals surface area contributed by atoms with Crippen LogP contribution in [0.1, 0.15) is 17.3 Å². The molecule has 0 fully saturated rings. The third kappa shape index (κ3) is 3.08. The van der Waals surface area contributed by atoms with Gasteiger partial charge < -0.3 is 10.4 Å². The predicted molar refractivity (Wildman–Crippen MR) is 56.0 cm³/mol. The monoisotopic (exact) mass is 258 g/mol. The first kappa shape index (κ1) is 11.1. The minimum absolute atomic E-state index is 0.0737. The normalized spacial score (nSPS) is 12.2. The van der Waals surface area contributed by atoms with Crippen molar-refractivity contribution in [2.75, 3.05) is 6.61 Å². The number of halogens is 1. The molecule has 0 saturated carbocycles. The van der Waals surface area contributed by atoms with Crippen LogP contribution in [-0.2, 0) is 0 Å². The Bertz CT molecular complexity index is 313. The van der Waals surface area contributed by atoms with E-state index in [9.17, 15) is 4.79 Å². The molecule has 0 radical (unpaired) electrons. The highest BCUT2D eigenvalue weighted by atomic mass is 79.9. The molecule has 0 saturated heterocycles. The van der Waals surface area contributed by atoms with Gasteiger partial charge >= 0.3 is 0 Å². The van der Waals surface area contributed by atoms with Crippen LogP contribution in [0.3, 0.4) is 0 Å². The summed E-state index contributed by atoms with van der Waals surface area (Å²) in [5, 5.41) is 11.4. The zero-order valence-corrected chi connectivity index (χ0v) is 9.28. The molecule has 0 aromatic carbocycles. The molecule has 0 bridgehead atoms. The lowest BCUT2D eigenvalue weighted by molar-refractivity contribution is 0.0922. The van der Waals surface area contributed by atoms with Gasteiger partial charge in [-0.3, -0.25) is 4.79 Å². The van der Waals surface area contributed by atoms with Crippen molar-refractivity contribution in [1.29, 1.82) is 0 Å². The summed E-state index contributed by atoms with van der Waals surface area (Å²) in [6.07, 6.45) is 1.48. The SMILES string of the molecule is C[C@H](CO)NC(=O)c1ccc(Br)nc1. The zero-order valence-electron chi connectivity index (χ0n) is 7.70. The molecule has 76 valence electrons. The third-order valence-electron chi connectivity index (χ3n) is 1.64. The number of aliphatic hydroxyl groups excluding tert-OH is 1. The Balaban J connectivity index is 2.65. The molecule has 14 heavy (non-hydrogen) atoms. The molecule has 4 nitrogen and oxygen atoms in total. The summed E-state index contributed by atoms with van der Waals surface area (Å²) >= 11 is 3.18. The fourth-order valence-electron chi connectivity index (χ4n) is 0.863. The fourth-order valence-corrected chi connectivity index (χ4v) is 1.10. The first-order valence-corrected chi connectivity index (χ1v) is 4.96. The first-order valence-electron chi connectivity index (χ1n) is 4.16. The molecule has 1 amide bonds. The molecule has 1 rings (SSSR count). The summed E-state index contributed by atoms with van der Waals surface area (Å²) < 4.78 is 0.684. The van der Waals surface area contributed by atoms with Crippen LogP contribution in [0.4, 0.5) is 0 Å². The van der Waals surface area contributed by atoms with Crippen LogP contribution in [0, 0.1) is 0 Å². The van der Waals surface area contributed by atoms with Gasteiger partial charge in [-0.15, -0.1) is 0 Å². The summed E-state index contributed by atoms with van der Waals surface area (Å²) in [6.45, 7) is 1.65. The number of rotatable bonds is 3. The van der Waals surface area contributed by atoms with Crippen molar-refractivity contribution < 1.29 is 9.90 Å². The van der Waals surface area contributed by atoms with Crippen molar-refractivity contribution in [3.63, 3.8) is 0 Å². The van der Waals surface area contributed by atoms with Crippen LogP contribution in [0.2, 0.25) is 0 Å². The lowest BCUT2D eigenvalue weighted by Crippen LogP contribution is -2.34. The molecule has 1 heterocycles. The highest BCUT2D eigenvalue weighted by Gasteiger charge is 2.08. The van der Waals surface area contributed by atoms with E-state index in [1.807, 2.05) is 0 Å². The predicted octanol–water partition coefficient (Wildman–Crippen LogP) is 0.955. The number of aliphatic hydroxyl groups is 1. The van der Waals surface area contributed by atoms with Crippen molar-refractivity contribution in [3.05, 3.63) is 28.5 Å². The quantitative estimate of drug-likeness (QED) is 0.794. The van der Waals surface area contributed by atoms with E-state index in [-0.39, 0.29) is 18.6 Å². The molecule has 1 aromatic heterocycles.